The SMILES string of the molecule is COCCN1CCCC1CNC(N)=NCc1ccc(OC(F)(F)F)cc1.I. The minimum Gasteiger partial charge on any atom is -0.406 e. The fourth-order valence-electron chi connectivity index (χ4n) is 2.88. The number of aliphatic imine (C=N–C) groups is 1. The molecule has 0 bridgehead atoms. The average Bonchev–Trinajstić information content (AvgIpc) is 3.03. The van der Waals surface area contributed by atoms with E-state index in [0.717, 1.165) is 31.5 Å². The van der Waals surface area contributed by atoms with Gasteiger partial charge in [-0.2, -0.15) is 0 Å². The molecule has 154 valence electrons. The second-order valence-corrected chi connectivity index (χ2v) is 6.10. The van der Waals surface area contributed by atoms with Crippen LogP contribution in [0.3, 0.4) is 0 Å². The van der Waals surface area contributed by atoms with Gasteiger partial charge < -0.3 is 20.5 Å². The number of benzene rings is 1. The summed E-state index contributed by atoms with van der Waals surface area (Å²) < 4.78 is 45.3. The lowest BCUT2D eigenvalue weighted by Gasteiger charge is -2.24. The molecule has 1 heterocycles. The van der Waals surface area contributed by atoms with Crippen molar-refractivity contribution in [2.24, 2.45) is 10.7 Å². The van der Waals surface area contributed by atoms with Crippen LogP contribution in [0, 0.1) is 0 Å². The molecule has 1 aromatic carbocycles. The van der Waals surface area contributed by atoms with E-state index in [2.05, 4.69) is 19.9 Å². The Morgan fingerprint density at radius 1 is 1.33 bits per heavy atom. The van der Waals surface area contributed by atoms with Crippen LogP contribution in [0.2, 0.25) is 0 Å². The molecule has 0 saturated carbocycles. The van der Waals surface area contributed by atoms with Gasteiger partial charge in [0.2, 0.25) is 0 Å². The van der Waals surface area contributed by atoms with E-state index >= 15 is 0 Å². The van der Waals surface area contributed by atoms with E-state index in [4.69, 9.17) is 10.5 Å². The number of alkyl halides is 3. The summed E-state index contributed by atoms with van der Waals surface area (Å²) in [7, 11) is 1.69. The molecule has 0 aliphatic carbocycles. The van der Waals surface area contributed by atoms with Crippen LogP contribution in [0.15, 0.2) is 29.3 Å². The van der Waals surface area contributed by atoms with Crippen LogP contribution in [-0.4, -0.2) is 56.6 Å². The van der Waals surface area contributed by atoms with Crippen LogP contribution in [0.25, 0.3) is 0 Å². The number of methoxy groups -OCH3 is 1. The van der Waals surface area contributed by atoms with E-state index in [1.54, 1.807) is 7.11 Å². The second kappa shape index (κ2) is 11.5. The molecular weight excluding hydrogens is 476 g/mol. The van der Waals surface area contributed by atoms with E-state index in [9.17, 15) is 13.2 Å². The van der Waals surface area contributed by atoms with Crippen LogP contribution >= 0.6 is 24.0 Å². The lowest BCUT2D eigenvalue weighted by molar-refractivity contribution is -0.274. The highest BCUT2D eigenvalue weighted by Gasteiger charge is 2.30. The molecule has 27 heavy (non-hydrogen) atoms. The summed E-state index contributed by atoms with van der Waals surface area (Å²) in [5, 5.41) is 3.12. The van der Waals surface area contributed by atoms with Gasteiger partial charge in [-0.25, -0.2) is 4.99 Å². The molecule has 0 spiro atoms. The summed E-state index contributed by atoms with van der Waals surface area (Å²) in [6.07, 6.45) is -2.44. The molecule has 0 radical (unpaired) electrons. The molecule has 1 saturated heterocycles. The van der Waals surface area contributed by atoms with Crippen molar-refractivity contribution in [3.05, 3.63) is 29.8 Å². The molecule has 6 nitrogen and oxygen atoms in total. The van der Waals surface area contributed by atoms with E-state index < -0.39 is 6.36 Å². The molecule has 0 aromatic heterocycles. The molecule has 1 unspecified atom stereocenters. The maximum Gasteiger partial charge on any atom is 0.573 e. The zero-order valence-corrected chi connectivity index (χ0v) is 17.5. The molecular formula is C17H26F3IN4O2. The molecule has 1 aliphatic rings. The maximum absolute atomic E-state index is 12.1. The number of nitrogens with two attached hydrogens (primary N) is 1. The zero-order valence-electron chi connectivity index (χ0n) is 15.2. The van der Waals surface area contributed by atoms with Gasteiger partial charge in [-0.05, 0) is 37.1 Å². The molecule has 2 rings (SSSR count). The minimum absolute atomic E-state index is 0. The zero-order chi connectivity index (χ0) is 19.0. The third kappa shape index (κ3) is 8.98. The largest absolute Gasteiger partial charge is 0.573 e. The van der Waals surface area contributed by atoms with E-state index in [1.165, 1.54) is 24.3 Å². The Labute approximate surface area is 174 Å². The second-order valence-electron chi connectivity index (χ2n) is 6.10. The van der Waals surface area contributed by atoms with Crippen molar-refractivity contribution >= 4 is 29.9 Å². The monoisotopic (exact) mass is 502 g/mol. The van der Waals surface area contributed by atoms with Crippen LogP contribution in [0.4, 0.5) is 13.2 Å². The van der Waals surface area contributed by atoms with Crippen molar-refractivity contribution in [1.29, 1.82) is 0 Å². The lowest BCUT2D eigenvalue weighted by Crippen LogP contribution is -2.43. The first-order valence-corrected chi connectivity index (χ1v) is 8.49. The van der Waals surface area contributed by atoms with Gasteiger partial charge in [0.05, 0.1) is 13.2 Å². The Balaban J connectivity index is 0.00000364. The van der Waals surface area contributed by atoms with Gasteiger partial charge in [0, 0.05) is 26.2 Å². The Hall–Kier alpha value is -1.27. The molecule has 1 atom stereocenters. The predicted molar refractivity (Wildman–Crippen MR) is 108 cm³/mol. The average molecular weight is 502 g/mol. The number of nitrogens with zero attached hydrogens (tertiary/aromatic N) is 2. The molecule has 1 aromatic rings. The maximum atomic E-state index is 12.1. The van der Waals surface area contributed by atoms with Crippen LogP contribution in [0.1, 0.15) is 18.4 Å². The number of likely N-dealkylation sites (tertiary alicyclic amines) is 1. The molecule has 10 heteroatoms. The van der Waals surface area contributed by atoms with Crippen LogP contribution < -0.4 is 15.8 Å². The minimum atomic E-state index is -4.69. The smallest absolute Gasteiger partial charge is 0.406 e. The van der Waals surface area contributed by atoms with Gasteiger partial charge in [0.15, 0.2) is 5.96 Å². The van der Waals surface area contributed by atoms with E-state index in [1.807, 2.05) is 0 Å². The first kappa shape index (κ1) is 23.8. The molecule has 1 fully saturated rings. The standard InChI is InChI=1S/C17H25F3N4O2.HI/c1-25-10-9-24-8-2-3-14(24)12-23-16(21)22-11-13-4-6-15(7-5-13)26-17(18,19)20;/h4-7,14H,2-3,8-12H2,1H3,(H3,21,22,23);1H. The van der Waals surface area contributed by atoms with E-state index in [-0.39, 0.29) is 36.3 Å². The summed E-state index contributed by atoms with van der Waals surface area (Å²) in [4.78, 5) is 6.59. The number of halogens is 4. The summed E-state index contributed by atoms with van der Waals surface area (Å²) >= 11 is 0. The number of ether oxygens (including phenoxy) is 2. The molecule has 1 aliphatic heterocycles. The molecule has 3 N–H and O–H groups in total. The highest BCUT2D eigenvalue weighted by atomic mass is 127. The van der Waals surface area contributed by atoms with Crippen LogP contribution in [-0.2, 0) is 11.3 Å². The lowest BCUT2D eigenvalue weighted by atomic mass is 10.2. The number of hydrogen-bond donors (Lipinski definition) is 2. The fraction of sp³-hybridized carbons (Fsp3) is 0.588. The molecule has 0 amide bonds. The summed E-state index contributed by atoms with van der Waals surface area (Å²) in [6, 6.07) is 5.98. The van der Waals surface area contributed by atoms with Crippen molar-refractivity contribution in [1.82, 2.24) is 10.2 Å². The van der Waals surface area contributed by atoms with Gasteiger partial charge in [-0.3, -0.25) is 4.90 Å². The Kier molecular flexibility index (Phi) is 10.2. The van der Waals surface area contributed by atoms with Crippen molar-refractivity contribution in [3.63, 3.8) is 0 Å². The van der Waals surface area contributed by atoms with Gasteiger partial charge in [0.25, 0.3) is 0 Å². The summed E-state index contributed by atoms with van der Waals surface area (Å²) in [5.74, 6) is 0.0629. The summed E-state index contributed by atoms with van der Waals surface area (Å²) in [6.45, 7) is 3.64. The Bertz CT molecular complexity index is 585. The highest BCUT2D eigenvalue weighted by Crippen LogP contribution is 2.22. The fourth-order valence-corrected chi connectivity index (χ4v) is 2.88. The normalized spacial score (nSPS) is 18.2. The van der Waals surface area contributed by atoms with Crippen molar-refractivity contribution < 1.29 is 22.6 Å². The number of nitrogens with one attached hydrogen (secondary N) is 1. The van der Waals surface area contributed by atoms with Crippen molar-refractivity contribution in [2.75, 3.05) is 33.4 Å². The van der Waals surface area contributed by atoms with Gasteiger partial charge in [0.1, 0.15) is 5.75 Å². The predicted octanol–water partition coefficient (Wildman–Crippen LogP) is 2.72. The number of rotatable bonds is 8. The highest BCUT2D eigenvalue weighted by molar-refractivity contribution is 14.0. The topological polar surface area (TPSA) is 72.1 Å². The number of guanidine groups is 1. The number of hydrogen-bond acceptors (Lipinski definition) is 4. The third-order valence-electron chi connectivity index (χ3n) is 4.19. The quantitative estimate of drug-likeness (QED) is 0.325. The Morgan fingerprint density at radius 3 is 2.67 bits per heavy atom. The first-order valence-electron chi connectivity index (χ1n) is 8.49. The third-order valence-corrected chi connectivity index (χ3v) is 4.19. The van der Waals surface area contributed by atoms with Gasteiger partial charge in [-0.15, -0.1) is 37.1 Å². The first-order chi connectivity index (χ1) is 12.4. The summed E-state index contributed by atoms with van der Waals surface area (Å²) in [5.41, 5.74) is 6.62. The van der Waals surface area contributed by atoms with Gasteiger partial charge in [-0.1, -0.05) is 12.1 Å². The Morgan fingerprint density at radius 2 is 2.04 bits per heavy atom. The van der Waals surface area contributed by atoms with Gasteiger partial charge >= 0.3 is 6.36 Å². The van der Waals surface area contributed by atoms with Crippen molar-refractivity contribution in [2.45, 2.75) is 31.8 Å². The van der Waals surface area contributed by atoms with Crippen molar-refractivity contribution in [3.8, 4) is 5.75 Å². The van der Waals surface area contributed by atoms with Crippen LogP contribution in [0.5, 0.6) is 5.75 Å². The van der Waals surface area contributed by atoms with E-state index in [0.29, 0.717) is 25.2 Å².